The molecule has 0 aliphatic rings. The first-order valence-corrected chi connectivity index (χ1v) is 7.58. The number of methoxy groups -OCH3 is 1. The number of aromatic nitrogens is 1. The third-order valence-electron chi connectivity index (χ3n) is 2.78. The number of rotatable bonds is 6. The molecule has 21 heavy (non-hydrogen) atoms. The van der Waals surface area contributed by atoms with E-state index < -0.39 is 5.97 Å². The van der Waals surface area contributed by atoms with E-state index in [1.807, 2.05) is 6.92 Å². The summed E-state index contributed by atoms with van der Waals surface area (Å²) in [5.74, 6) is -0.342. The molecule has 0 saturated heterocycles. The van der Waals surface area contributed by atoms with Crippen molar-refractivity contribution in [3.8, 4) is 5.75 Å². The fraction of sp³-hybridized carbons (Fsp3) is 0.286. The summed E-state index contributed by atoms with van der Waals surface area (Å²) in [6.45, 7) is 1.98. The molecule has 0 amide bonds. The number of carbonyl (C=O) groups is 1. The quantitative estimate of drug-likeness (QED) is 0.832. The van der Waals surface area contributed by atoms with Crippen LogP contribution in [-0.4, -0.2) is 23.2 Å². The lowest BCUT2D eigenvalue weighted by atomic mass is 10.2. The van der Waals surface area contributed by atoms with Crippen LogP contribution >= 0.6 is 22.9 Å². The highest BCUT2D eigenvalue weighted by Gasteiger charge is 2.17. The SMILES string of the molecule is CCCc1nc(Nc2cc(Cl)ccc2OC)sc1C(=O)O. The number of carboxylic acids is 1. The van der Waals surface area contributed by atoms with E-state index >= 15 is 0 Å². The molecule has 7 heteroatoms. The number of thiazole rings is 1. The van der Waals surface area contributed by atoms with Gasteiger partial charge in [0.05, 0.1) is 18.5 Å². The molecule has 0 saturated carbocycles. The van der Waals surface area contributed by atoms with Crippen molar-refractivity contribution in [3.05, 3.63) is 33.8 Å². The smallest absolute Gasteiger partial charge is 0.347 e. The minimum Gasteiger partial charge on any atom is -0.495 e. The van der Waals surface area contributed by atoms with Crippen LogP contribution in [-0.2, 0) is 6.42 Å². The van der Waals surface area contributed by atoms with Crippen LogP contribution in [0.1, 0.15) is 28.7 Å². The van der Waals surface area contributed by atoms with E-state index in [-0.39, 0.29) is 4.88 Å². The van der Waals surface area contributed by atoms with Gasteiger partial charge >= 0.3 is 5.97 Å². The predicted octanol–water partition coefficient (Wildman–Crippen LogP) is 4.20. The van der Waals surface area contributed by atoms with E-state index in [1.165, 1.54) is 0 Å². The van der Waals surface area contributed by atoms with Gasteiger partial charge in [0, 0.05) is 5.02 Å². The van der Waals surface area contributed by atoms with Crippen molar-refractivity contribution in [1.29, 1.82) is 0 Å². The van der Waals surface area contributed by atoms with E-state index in [2.05, 4.69) is 10.3 Å². The molecular weight excluding hydrogens is 312 g/mol. The summed E-state index contributed by atoms with van der Waals surface area (Å²) in [4.78, 5) is 15.9. The van der Waals surface area contributed by atoms with Gasteiger partial charge in [0.15, 0.2) is 5.13 Å². The largest absolute Gasteiger partial charge is 0.495 e. The maximum absolute atomic E-state index is 11.2. The monoisotopic (exact) mass is 326 g/mol. The van der Waals surface area contributed by atoms with Gasteiger partial charge in [0.2, 0.25) is 0 Å². The van der Waals surface area contributed by atoms with Crippen molar-refractivity contribution in [3.63, 3.8) is 0 Å². The summed E-state index contributed by atoms with van der Waals surface area (Å²) < 4.78 is 5.24. The Hall–Kier alpha value is -1.79. The maximum atomic E-state index is 11.2. The first-order valence-electron chi connectivity index (χ1n) is 6.38. The highest BCUT2D eigenvalue weighted by Crippen LogP contribution is 2.33. The standard InChI is InChI=1S/C14H15ClN2O3S/c1-3-4-9-12(13(18)19)21-14(16-9)17-10-7-8(15)5-6-11(10)20-2/h5-7H,3-4H2,1-2H3,(H,16,17)(H,18,19). The number of benzene rings is 1. The lowest BCUT2D eigenvalue weighted by molar-refractivity contribution is 0.0700. The minimum atomic E-state index is -0.956. The fourth-order valence-electron chi connectivity index (χ4n) is 1.87. The summed E-state index contributed by atoms with van der Waals surface area (Å²) in [5.41, 5.74) is 1.25. The normalized spacial score (nSPS) is 10.4. The van der Waals surface area contributed by atoms with Crippen molar-refractivity contribution in [1.82, 2.24) is 4.98 Å². The van der Waals surface area contributed by atoms with Crippen LogP contribution in [0.4, 0.5) is 10.8 Å². The number of hydrogen-bond donors (Lipinski definition) is 2. The van der Waals surface area contributed by atoms with Gasteiger partial charge < -0.3 is 15.2 Å². The predicted molar refractivity (Wildman–Crippen MR) is 84.4 cm³/mol. The zero-order valence-electron chi connectivity index (χ0n) is 11.6. The molecule has 2 aromatic rings. The van der Waals surface area contributed by atoms with Gasteiger partial charge in [-0.2, -0.15) is 0 Å². The second kappa shape index (κ2) is 6.78. The molecule has 0 radical (unpaired) electrons. The number of aryl methyl sites for hydroxylation is 1. The van der Waals surface area contributed by atoms with Crippen LogP contribution in [0.5, 0.6) is 5.75 Å². The van der Waals surface area contributed by atoms with Gasteiger partial charge in [-0.15, -0.1) is 0 Å². The summed E-state index contributed by atoms with van der Waals surface area (Å²) in [5, 5.41) is 13.4. The van der Waals surface area contributed by atoms with Crippen LogP contribution in [0, 0.1) is 0 Å². The lowest BCUT2D eigenvalue weighted by Crippen LogP contribution is -1.98. The third kappa shape index (κ3) is 3.65. The van der Waals surface area contributed by atoms with E-state index in [1.54, 1.807) is 25.3 Å². The average Bonchev–Trinajstić information content (AvgIpc) is 2.82. The van der Waals surface area contributed by atoms with E-state index in [0.29, 0.717) is 33.7 Å². The highest BCUT2D eigenvalue weighted by molar-refractivity contribution is 7.17. The fourth-order valence-corrected chi connectivity index (χ4v) is 2.91. The first-order chi connectivity index (χ1) is 10.0. The molecule has 1 aromatic carbocycles. The van der Waals surface area contributed by atoms with Crippen molar-refractivity contribution in [2.75, 3.05) is 12.4 Å². The van der Waals surface area contributed by atoms with Crippen LogP contribution < -0.4 is 10.1 Å². The number of hydrogen-bond acceptors (Lipinski definition) is 5. The zero-order valence-corrected chi connectivity index (χ0v) is 13.2. The van der Waals surface area contributed by atoms with E-state index in [9.17, 15) is 9.90 Å². The van der Waals surface area contributed by atoms with Crippen molar-refractivity contribution < 1.29 is 14.6 Å². The molecule has 1 heterocycles. The van der Waals surface area contributed by atoms with Gasteiger partial charge in [-0.3, -0.25) is 0 Å². The molecule has 1 aromatic heterocycles. The Labute approximate surface area is 131 Å². The van der Waals surface area contributed by atoms with Gasteiger partial charge in [-0.25, -0.2) is 9.78 Å². The van der Waals surface area contributed by atoms with Crippen molar-refractivity contribution in [2.45, 2.75) is 19.8 Å². The number of ether oxygens (including phenoxy) is 1. The van der Waals surface area contributed by atoms with Gasteiger partial charge in [0.25, 0.3) is 0 Å². The van der Waals surface area contributed by atoms with Gasteiger partial charge in [-0.1, -0.05) is 36.3 Å². The molecule has 112 valence electrons. The van der Waals surface area contributed by atoms with E-state index in [4.69, 9.17) is 16.3 Å². The third-order valence-corrected chi connectivity index (χ3v) is 4.02. The van der Waals surface area contributed by atoms with Gasteiger partial charge in [-0.05, 0) is 24.6 Å². The number of halogens is 1. The number of carboxylic acid groups (broad SMARTS) is 1. The topological polar surface area (TPSA) is 71.5 Å². The van der Waals surface area contributed by atoms with Crippen LogP contribution in [0.3, 0.4) is 0 Å². The van der Waals surface area contributed by atoms with Crippen LogP contribution in [0.2, 0.25) is 5.02 Å². The van der Waals surface area contributed by atoms with E-state index in [0.717, 1.165) is 17.8 Å². The molecular formula is C14H15ClN2O3S. The Balaban J connectivity index is 2.33. The first kappa shape index (κ1) is 15.6. The highest BCUT2D eigenvalue weighted by atomic mass is 35.5. The Bertz CT molecular complexity index is 658. The Morgan fingerprint density at radius 3 is 2.90 bits per heavy atom. The average molecular weight is 327 g/mol. The molecule has 2 rings (SSSR count). The molecule has 0 fully saturated rings. The number of aromatic carboxylic acids is 1. The maximum Gasteiger partial charge on any atom is 0.347 e. The summed E-state index contributed by atoms with van der Waals surface area (Å²) in [6, 6.07) is 5.17. The second-order valence-electron chi connectivity index (χ2n) is 4.32. The number of nitrogens with zero attached hydrogens (tertiary/aromatic N) is 1. The molecule has 5 nitrogen and oxygen atoms in total. The molecule has 0 bridgehead atoms. The molecule has 0 unspecified atom stereocenters. The minimum absolute atomic E-state index is 0.264. The Morgan fingerprint density at radius 1 is 1.52 bits per heavy atom. The Morgan fingerprint density at radius 2 is 2.29 bits per heavy atom. The summed E-state index contributed by atoms with van der Waals surface area (Å²) in [6.07, 6.45) is 1.47. The van der Waals surface area contributed by atoms with Gasteiger partial charge in [0.1, 0.15) is 10.6 Å². The lowest BCUT2D eigenvalue weighted by Gasteiger charge is -2.09. The molecule has 0 atom stereocenters. The molecule has 0 spiro atoms. The van der Waals surface area contributed by atoms with Crippen LogP contribution in [0.25, 0.3) is 0 Å². The number of anilines is 2. The summed E-state index contributed by atoms with van der Waals surface area (Å²) in [7, 11) is 1.56. The zero-order chi connectivity index (χ0) is 15.4. The molecule has 0 aliphatic heterocycles. The van der Waals surface area contributed by atoms with Crippen LogP contribution in [0.15, 0.2) is 18.2 Å². The number of nitrogens with one attached hydrogen (secondary N) is 1. The summed E-state index contributed by atoms with van der Waals surface area (Å²) >= 11 is 7.08. The Kier molecular flexibility index (Phi) is 5.03. The molecule has 0 aliphatic carbocycles. The molecule has 2 N–H and O–H groups in total. The van der Waals surface area contributed by atoms with Crippen molar-refractivity contribution >= 4 is 39.7 Å². The second-order valence-corrected chi connectivity index (χ2v) is 5.76. The van der Waals surface area contributed by atoms with Crippen molar-refractivity contribution in [2.24, 2.45) is 0 Å².